The van der Waals surface area contributed by atoms with Crippen LogP contribution in [0.3, 0.4) is 0 Å². The summed E-state index contributed by atoms with van der Waals surface area (Å²) in [5.74, 6) is 0.291. The molecule has 3 amide bonds. The predicted molar refractivity (Wildman–Crippen MR) is 98.1 cm³/mol. The first-order valence-corrected chi connectivity index (χ1v) is 9.25. The first kappa shape index (κ1) is 17.5. The average Bonchev–Trinajstić information content (AvgIpc) is 3.23. The van der Waals surface area contributed by atoms with Gasteiger partial charge in [0.2, 0.25) is 5.91 Å². The zero-order valence-corrected chi connectivity index (χ0v) is 15.4. The molecule has 2 aromatic rings. The number of carbonyl (C=O) groups is 2. The molecule has 0 spiro atoms. The number of carbonyl (C=O) groups excluding carboxylic acids is 2. The highest BCUT2D eigenvalue weighted by atomic mass is 32.2. The van der Waals surface area contributed by atoms with Crippen LogP contribution in [-0.4, -0.2) is 44.7 Å². The molecule has 1 unspecified atom stereocenters. The van der Waals surface area contributed by atoms with E-state index in [2.05, 4.69) is 48.4 Å². The number of thioether (sulfide) groups is 1. The molecule has 132 valence electrons. The number of hydrogen-bond donors (Lipinski definition) is 1. The van der Waals surface area contributed by atoms with E-state index < -0.39 is 0 Å². The molecule has 0 bridgehead atoms. The Balaban J connectivity index is 1.75. The molecule has 1 N–H and O–H groups in total. The molecule has 0 radical (unpaired) electrons. The quantitative estimate of drug-likeness (QED) is 0.834. The molecule has 2 heterocycles. The Labute approximate surface area is 151 Å². The van der Waals surface area contributed by atoms with Crippen LogP contribution in [0, 0.1) is 0 Å². The van der Waals surface area contributed by atoms with Gasteiger partial charge < -0.3 is 5.32 Å². The highest BCUT2D eigenvalue weighted by molar-refractivity contribution is 8.00. The summed E-state index contributed by atoms with van der Waals surface area (Å²) in [7, 11) is 0. The Bertz CT molecular complexity index is 770. The zero-order valence-electron chi connectivity index (χ0n) is 14.6. The predicted octanol–water partition coefficient (Wildman–Crippen LogP) is 3.03. The lowest BCUT2D eigenvalue weighted by molar-refractivity contribution is -0.126. The van der Waals surface area contributed by atoms with E-state index in [1.54, 1.807) is 13.1 Å². The molecule has 1 aromatic carbocycles. The van der Waals surface area contributed by atoms with Crippen molar-refractivity contribution in [2.45, 2.75) is 37.1 Å². The third-order valence-electron chi connectivity index (χ3n) is 4.20. The number of benzene rings is 1. The topological polar surface area (TPSA) is 67.2 Å². The Morgan fingerprint density at radius 3 is 2.56 bits per heavy atom. The second-order valence-electron chi connectivity index (χ2n) is 6.31. The van der Waals surface area contributed by atoms with E-state index in [1.807, 2.05) is 10.8 Å². The summed E-state index contributed by atoms with van der Waals surface area (Å²) in [5, 5.41) is 3.00. The molecular weight excluding hydrogens is 336 g/mol. The maximum absolute atomic E-state index is 12.5. The molecule has 1 saturated heterocycles. The number of amides is 3. The van der Waals surface area contributed by atoms with Gasteiger partial charge in [-0.25, -0.2) is 9.78 Å². The van der Waals surface area contributed by atoms with Crippen LogP contribution in [0.4, 0.5) is 4.79 Å². The van der Waals surface area contributed by atoms with Gasteiger partial charge >= 0.3 is 6.03 Å². The molecule has 1 aliphatic heterocycles. The van der Waals surface area contributed by atoms with Crippen LogP contribution in [0.2, 0.25) is 0 Å². The van der Waals surface area contributed by atoms with Crippen LogP contribution in [0.15, 0.2) is 41.8 Å². The Hall–Kier alpha value is -2.28. The number of hydrogen-bond acceptors (Lipinski definition) is 4. The highest BCUT2D eigenvalue weighted by Crippen LogP contribution is 2.26. The molecule has 1 aromatic heterocycles. The van der Waals surface area contributed by atoms with Crippen LogP contribution in [0.1, 0.15) is 32.3 Å². The van der Waals surface area contributed by atoms with E-state index >= 15 is 0 Å². The molecule has 1 aliphatic rings. The summed E-state index contributed by atoms with van der Waals surface area (Å²) >= 11 is 1.36. The molecule has 6 nitrogen and oxygen atoms in total. The minimum Gasteiger partial charge on any atom is -0.336 e. The van der Waals surface area contributed by atoms with Crippen molar-refractivity contribution < 1.29 is 9.59 Å². The summed E-state index contributed by atoms with van der Waals surface area (Å²) in [6, 6.07) is 8.02. The smallest absolute Gasteiger partial charge is 0.324 e. The lowest BCUT2D eigenvalue weighted by Crippen LogP contribution is -2.39. The highest BCUT2D eigenvalue weighted by Gasteiger charge is 2.30. The molecular formula is C18H22N4O2S. The average molecular weight is 358 g/mol. The molecule has 3 rings (SSSR count). The van der Waals surface area contributed by atoms with E-state index in [1.165, 1.54) is 22.2 Å². The molecule has 0 aliphatic carbocycles. The van der Waals surface area contributed by atoms with Crippen molar-refractivity contribution in [3.8, 4) is 5.69 Å². The van der Waals surface area contributed by atoms with Gasteiger partial charge in [0.25, 0.3) is 0 Å². The van der Waals surface area contributed by atoms with Gasteiger partial charge in [-0.15, -0.1) is 0 Å². The number of nitrogens with zero attached hydrogens (tertiary/aromatic N) is 3. The fraction of sp³-hybridized carbons (Fsp3) is 0.389. The SMILES string of the molecule is CC(Sc1nccn1-c1ccc(C(C)C)cc1)C(=O)N1CCNC1=O. The van der Waals surface area contributed by atoms with Crippen LogP contribution in [-0.2, 0) is 4.79 Å². The van der Waals surface area contributed by atoms with Gasteiger partial charge in [0.15, 0.2) is 5.16 Å². The standard InChI is InChI=1S/C18H22N4O2S/c1-12(2)14-4-6-15(7-5-14)21-10-9-20-18(21)25-13(3)16(23)22-11-8-19-17(22)24/h4-7,9-10,12-13H,8,11H2,1-3H3,(H,19,24). The van der Waals surface area contributed by atoms with Gasteiger partial charge in [-0.3, -0.25) is 14.3 Å². The van der Waals surface area contributed by atoms with Gasteiger partial charge in [0.1, 0.15) is 0 Å². The fourth-order valence-electron chi connectivity index (χ4n) is 2.70. The largest absolute Gasteiger partial charge is 0.336 e. The monoisotopic (exact) mass is 358 g/mol. The molecule has 0 saturated carbocycles. The lowest BCUT2D eigenvalue weighted by atomic mass is 10.0. The number of rotatable bonds is 5. The van der Waals surface area contributed by atoms with Crippen molar-refractivity contribution in [3.05, 3.63) is 42.2 Å². The molecule has 7 heteroatoms. The van der Waals surface area contributed by atoms with E-state index in [9.17, 15) is 9.59 Å². The molecule has 1 fully saturated rings. The first-order valence-electron chi connectivity index (χ1n) is 8.37. The van der Waals surface area contributed by atoms with Crippen molar-refractivity contribution in [3.63, 3.8) is 0 Å². The van der Waals surface area contributed by atoms with Crippen LogP contribution in [0.25, 0.3) is 5.69 Å². The summed E-state index contributed by atoms with van der Waals surface area (Å²) in [6.45, 7) is 7.07. The Kier molecular flexibility index (Phi) is 5.13. The summed E-state index contributed by atoms with van der Waals surface area (Å²) in [4.78, 5) is 29.8. The van der Waals surface area contributed by atoms with Gasteiger partial charge in [-0.1, -0.05) is 37.7 Å². The Morgan fingerprint density at radius 2 is 1.96 bits per heavy atom. The summed E-state index contributed by atoms with van der Waals surface area (Å²) in [5.41, 5.74) is 2.28. The van der Waals surface area contributed by atoms with Crippen molar-refractivity contribution in [2.75, 3.05) is 13.1 Å². The molecule has 1 atom stereocenters. The van der Waals surface area contributed by atoms with Gasteiger partial charge in [-0.2, -0.15) is 0 Å². The van der Waals surface area contributed by atoms with E-state index in [0.29, 0.717) is 19.0 Å². The molecule has 25 heavy (non-hydrogen) atoms. The number of aromatic nitrogens is 2. The summed E-state index contributed by atoms with van der Waals surface area (Å²) in [6.07, 6.45) is 3.60. The summed E-state index contributed by atoms with van der Waals surface area (Å²) < 4.78 is 1.96. The van der Waals surface area contributed by atoms with Crippen LogP contribution >= 0.6 is 11.8 Å². The number of imidazole rings is 1. The van der Waals surface area contributed by atoms with Gasteiger partial charge in [0, 0.05) is 31.2 Å². The third-order valence-corrected chi connectivity index (χ3v) is 5.27. The zero-order chi connectivity index (χ0) is 18.0. The van der Waals surface area contributed by atoms with E-state index in [0.717, 1.165) is 10.8 Å². The minimum absolute atomic E-state index is 0.190. The van der Waals surface area contributed by atoms with Crippen LogP contribution < -0.4 is 5.32 Å². The normalized spacial score (nSPS) is 15.5. The maximum Gasteiger partial charge on any atom is 0.324 e. The van der Waals surface area contributed by atoms with Crippen molar-refractivity contribution >= 4 is 23.7 Å². The fourth-order valence-corrected chi connectivity index (χ4v) is 3.65. The Morgan fingerprint density at radius 1 is 1.24 bits per heavy atom. The van der Waals surface area contributed by atoms with E-state index in [4.69, 9.17) is 0 Å². The second-order valence-corrected chi connectivity index (χ2v) is 7.62. The number of urea groups is 1. The van der Waals surface area contributed by atoms with Crippen molar-refractivity contribution in [1.82, 2.24) is 19.8 Å². The maximum atomic E-state index is 12.5. The van der Waals surface area contributed by atoms with Gasteiger partial charge in [0.05, 0.1) is 5.25 Å². The number of imide groups is 1. The van der Waals surface area contributed by atoms with E-state index in [-0.39, 0.29) is 17.2 Å². The van der Waals surface area contributed by atoms with Crippen molar-refractivity contribution in [2.24, 2.45) is 0 Å². The van der Waals surface area contributed by atoms with Gasteiger partial charge in [-0.05, 0) is 30.5 Å². The van der Waals surface area contributed by atoms with Crippen LogP contribution in [0.5, 0.6) is 0 Å². The van der Waals surface area contributed by atoms with Crippen molar-refractivity contribution in [1.29, 1.82) is 0 Å². The minimum atomic E-state index is -0.389. The number of nitrogens with one attached hydrogen (secondary N) is 1. The second kappa shape index (κ2) is 7.31. The third kappa shape index (κ3) is 3.71. The lowest BCUT2D eigenvalue weighted by Gasteiger charge is -2.17. The first-order chi connectivity index (χ1) is 12.0.